The second kappa shape index (κ2) is 9.05. The van der Waals surface area contributed by atoms with Crippen molar-refractivity contribution < 1.29 is 13.2 Å². The molecule has 0 atom stereocenters. The normalized spacial score (nSPS) is 16.5. The van der Waals surface area contributed by atoms with Gasteiger partial charge in [-0.2, -0.15) is 4.31 Å². The predicted octanol–water partition coefficient (Wildman–Crippen LogP) is 5.24. The minimum atomic E-state index is -3.60. The van der Waals surface area contributed by atoms with Crippen molar-refractivity contribution >= 4 is 21.4 Å². The fourth-order valence-electron chi connectivity index (χ4n) is 4.40. The molecule has 2 aliphatic heterocycles. The van der Waals surface area contributed by atoms with Crippen LogP contribution < -0.4 is 4.74 Å². The Balaban J connectivity index is 1.55. The van der Waals surface area contributed by atoms with E-state index in [4.69, 9.17) is 9.73 Å². The fourth-order valence-corrected chi connectivity index (χ4v) is 5.81. The highest BCUT2D eigenvalue weighted by molar-refractivity contribution is 7.89. The number of hydrogen-bond acceptors (Lipinski definition) is 4. The van der Waals surface area contributed by atoms with E-state index >= 15 is 0 Å². The summed E-state index contributed by atoms with van der Waals surface area (Å²) < 4.78 is 34.0. The number of rotatable bonds is 5. The molecule has 0 N–H and O–H groups in total. The van der Waals surface area contributed by atoms with Crippen molar-refractivity contribution in [2.75, 3.05) is 20.2 Å². The molecule has 5 rings (SSSR count). The smallest absolute Gasteiger partial charge is 0.243 e. The molecule has 3 aromatic carbocycles. The fraction of sp³-hybridized carbons (Fsp3) is 0.179. The molecule has 2 aliphatic rings. The summed E-state index contributed by atoms with van der Waals surface area (Å²) in [5.41, 5.74) is 6.69. The number of nitrogens with zero attached hydrogens (tertiary/aromatic N) is 2. The van der Waals surface area contributed by atoms with Gasteiger partial charge in [0, 0.05) is 30.6 Å². The van der Waals surface area contributed by atoms with Gasteiger partial charge in [0.15, 0.2) is 0 Å². The molecular formula is C28H26N2O3S. The first-order valence-electron chi connectivity index (χ1n) is 11.2. The molecule has 5 nitrogen and oxygen atoms in total. The number of hydrogen-bond donors (Lipinski definition) is 0. The van der Waals surface area contributed by atoms with Gasteiger partial charge in [-0.05, 0) is 48.4 Å². The molecule has 0 amide bonds. The Morgan fingerprint density at radius 1 is 0.882 bits per heavy atom. The summed E-state index contributed by atoms with van der Waals surface area (Å²) in [6, 6.07) is 24.8. The molecule has 172 valence electrons. The van der Waals surface area contributed by atoms with E-state index in [1.165, 1.54) is 0 Å². The van der Waals surface area contributed by atoms with Crippen molar-refractivity contribution in [1.82, 2.24) is 4.31 Å². The van der Waals surface area contributed by atoms with Gasteiger partial charge in [-0.3, -0.25) is 4.99 Å². The zero-order valence-electron chi connectivity index (χ0n) is 19.2. The summed E-state index contributed by atoms with van der Waals surface area (Å²) in [5.74, 6) is 0.750. The van der Waals surface area contributed by atoms with Crippen LogP contribution in [0.2, 0.25) is 0 Å². The van der Waals surface area contributed by atoms with Crippen molar-refractivity contribution in [3.63, 3.8) is 0 Å². The highest BCUT2D eigenvalue weighted by atomic mass is 32.2. The van der Waals surface area contributed by atoms with Gasteiger partial charge in [0.25, 0.3) is 0 Å². The van der Waals surface area contributed by atoms with Crippen molar-refractivity contribution in [2.24, 2.45) is 4.99 Å². The standard InChI is InChI=1S/C28H26N2O3S/c1-20-12-14-24(15-13-20)34(31,32)30-18-22-16-26(21-8-4-3-5-9-21)29-27(17-23(22)19-30)25-10-6-7-11-28(25)33-2/h3-16H,17-19H2,1-2H3. The van der Waals surface area contributed by atoms with Crippen LogP contribution in [0.5, 0.6) is 5.75 Å². The Morgan fingerprint density at radius 2 is 1.59 bits per heavy atom. The average Bonchev–Trinajstić information content (AvgIpc) is 3.18. The number of ether oxygens (including phenoxy) is 1. The van der Waals surface area contributed by atoms with Crippen LogP contribution in [0.15, 0.2) is 106 Å². The lowest BCUT2D eigenvalue weighted by atomic mass is 10.00. The van der Waals surface area contributed by atoms with Crippen LogP contribution in [0.3, 0.4) is 0 Å². The highest BCUT2D eigenvalue weighted by Crippen LogP contribution is 2.35. The monoisotopic (exact) mass is 470 g/mol. The van der Waals surface area contributed by atoms with E-state index in [-0.39, 0.29) is 0 Å². The molecule has 0 aliphatic carbocycles. The molecule has 0 radical (unpaired) electrons. The minimum absolute atomic E-state index is 0.321. The third kappa shape index (κ3) is 4.22. The Labute approximate surface area is 200 Å². The van der Waals surface area contributed by atoms with Crippen LogP contribution >= 0.6 is 0 Å². The van der Waals surface area contributed by atoms with E-state index in [1.807, 2.05) is 79.7 Å². The summed E-state index contributed by atoms with van der Waals surface area (Å²) in [6.45, 7) is 2.62. The van der Waals surface area contributed by atoms with Gasteiger partial charge in [-0.1, -0.05) is 60.2 Å². The summed E-state index contributed by atoms with van der Waals surface area (Å²) in [7, 11) is -1.95. The minimum Gasteiger partial charge on any atom is -0.496 e. The van der Waals surface area contributed by atoms with Gasteiger partial charge in [-0.15, -0.1) is 0 Å². The number of methoxy groups -OCH3 is 1. The van der Waals surface area contributed by atoms with Gasteiger partial charge < -0.3 is 4.74 Å². The highest BCUT2D eigenvalue weighted by Gasteiger charge is 2.33. The first-order chi connectivity index (χ1) is 16.5. The van der Waals surface area contributed by atoms with Crippen molar-refractivity contribution in [2.45, 2.75) is 18.2 Å². The maximum Gasteiger partial charge on any atom is 0.243 e. The van der Waals surface area contributed by atoms with Gasteiger partial charge in [0.2, 0.25) is 10.0 Å². The second-order valence-corrected chi connectivity index (χ2v) is 10.5. The topological polar surface area (TPSA) is 59.0 Å². The molecule has 0 spiro atoms. The molecule has 0 aromatic heterocycles. The zero-order chi connectivity index (χ0) is 23.7. The molecule has 34 heavy (non-hydrogen) atoms. The Hall–Kier alpha value is -3.48. The number of sulfonamides is 1. The molecule has 0 unspecified atom stereocenters. The van der Waals surface area contributed by atoms with Crippen LogP contribution in [-0.2, 0) is 10.0 Å². The molecule has 3 aromatic rings. The van der Waals surface area contributed by atoms with E-state index in [0.29, 0.717) is 24.4 Å². The number of benzene rings is 3. The van der Waals surface area contributed by atoms with Crippen LogP contribution in [0, 0.1) is 6.92 Å². The van der Waals surface area contributed by atoms with Gasteiger partial charge >= 0.3 is 0 Å². The lowest BCUT2D eigenvalue weighted by Gasteiger charge is -2.18. The maximum atomic E-state index is 13.4. The summed E-state index contributed by atoms with van der Waals surface area (Å²) in [6.07, 6.45) is 2.60. The SMILES string of the molecule is COc1ccccc1C1=NC(c2ccccc2)=CC2=C(C1)CN(S(=O)(=O)c1ccc(C)cc1)C2. The molecule has 0 saturated carbocycles. The van der Waals surface area contributed by atoms with Crippen molar-refractivity contribution in [3.8, 4) is 5.75 Å². The van der Waals surface area contributed by atoms with E-state index in [1.54, 1.807) is 23.5 Å². The van der Waals surface area contributed by atoms with Crippen LogP contribution in [0.25, 0.3) is 5.70 Å². The molecule has 0 saturated heterocycles. The Bertz CT molecular complexity index is 1420. The first-order valence-corrected chi connectivity index (χ1v) is 12.7. The first kappa shape index (κ1) is 22.3. The lowest BCUT2D eigenvalue weighted by molar-refractivity contribution is 0.414. The lowest BCUT2D eigenvalue weighted by Crippen LogP contribution is -2.30. The maximum absolute atomic E-state index is 13.4. The number of aliphatic imine (C=N–C) groups is 1. The van der Waals surface area contributed by atoms with Gasteiger partial charge in [-0.25, -0.2) is 8.42 Å². The second-order valence-electron chi connectivity index (χ2n) is 8.55. The van der Waals surface area contributed by atoms with Crippen LogP contribution in [-0.4, -0.2) is 38.6 Å². The largest absolute Gasteiger partial charge is 0.496 e. The number of para-hydroxylation sites is 1. The Kier molecular flexibility index (Phi) is 5.94. The van der Waals surface area contributed by atoms with E-state index < -0.39 is 10.0 Å². The summed E-state index contributed by atoms with van der Waals surface area (Å²) in [5, 5.41) is 0. The van der Waals surface area contributed by atoms with E-state index in [2.05, 4.69) is 0 Å². The third-order valence-electron chi connectivity index (χ3n) is 6.26. The molecule has 6 heteroatoms. The molecule has 0 fully saturated rings. The van der Waals surface area contributed by atoms with E-state index in [0.717, 1.165) is 45.0 Å². The quantitative estimate of drug-likeness (QED) is 0.513. The molecular weight excluding hydrogens is 444 g/mol. The Morgan fingerprint density at radius 3 is 2.32 bits per heavy atom. The summed E-state index contributed by atoms with van der Waals surface area (Å²) >= 11 is 0. The van der Waals surface area contributed by atoms with Crippen LogP contribution in [0.1, 0.15) is 23.1 Å². The molecule has 2 heterocycles. The van der Waals surface area contributed by atoms with Crippen LogP contribution in [0.4, 0.5) is 0 Å². The van der Waals surface area contributed by atoms with Gasteiger partial charge in [0.05, 0.1) is 23.4 Å². The van der Waals surface area contributed by atoms with E-state index in [9.17, 15) is 8.42 Å². The zero-order valence-corrected chi connectivity index (χ0v) is 20.0. The third-order valence-corrected chi connectivity index (χ3v) is 8.07. The predicted molar refractivity (Wildman–Crippen MR) is 136 cm³/mol. The van der Waals surface area contributed by atoms with Gasteiger partial charge in [0.1, 0.15) is 5.75 Å². The summed E-state index contributed by atoms with van der Waals surface area (Å²) in [4.78, 5) is 5.37. The van der Waals surface area contributed by atoms with Crippen molar-refractivity contribution in [1.29, 1.82) is 0 Å². The number of aryl methyl sites for hydroxylation is 1. The van der Waals surface area contributed by atoms with Crippen molar-refractivity contribution in [3.05, 3.63) is 113 Å². The molecule has 0 bridgehead atoms. The average molecular weight is 471 g/mol.